The van der Waals surface area contributed by atoms with E-state index >= 15 is 4.39 Å². The SMILES string of the molecule is CC(C)(C)OC(=O)Nc1sc2c(F)ccc(-c3c4c(c5c(N6C[C@H]7C[C@@H]6CN7C(=O)OC(C)(C)C)ncnc5c3Cl)C(CC#N)OC4)c2c1C#N. The van der Waals surface area contributed by atoms with E-state index in [1.54, 1.807) is 31.7 Å². The van der Waals surface area contributed by atoms with Gasteiger partial charge in [0, 0.05) is 29.6 Å². The van der Waals surface area contributed by atoms with Gasteiger partial charge >= 0.3 is 12.2 Å². The standard InChI is InChI=1S/C36H35ClFN7O5S/c1-35(2,3)49-33(46)43-32-20(12-40)25-19(7-8-22(38)30(25)51-32)24-21-15-48-23(9-10-39)26(21)27-29(28(24)37)41-16-42-31(27)44-13-18-11-17(44)14-45(18)34(47)50-36(4,5)6/h7-8,16-18,23H,9,11,13-15H2,1-6H3,(H,43,46)/t17-,18-,23?/m1/s1. The number of hydrogen-bond donors (Lipinski definition) is 1. The molecular weight excluding hydrogens is 697 g/mol. The third kappa shape index (κ3) is 6.05. The van der Waals surface area contributed by atoms with Crippen LogP contribution in [0.15, 0.2) is 18.5 Å². The zero-order valence-corrected chi connectivity index (χ0v) is 30.5. The van der Waals surface area contributed by atoms with Crippen molar-refractivity contribution in [1.29, 1.82) is 10.5 Å². The molecule has 0 spiro atoms. The molecule has 12 nitrogen and oxygen atoms in total. The van der Waals surface area contributed by atoms with E-state index in [2.05, 4.69) is 27.3 Å². The molecule has 1 unspecified atom stereocenters. The molecule has 15 heteroatoms. The van der Waals surface area contributed by atoms with Crippen LogP contribution in [-0.4, -0.2) is 63.4 Å². The fourth-order valence-electron chi connectivity index (χ4n) is 7.28. The van der Waals surface area contributed by atoms with E-state index in [-0.39, 0.29) is 56.9 Å². The summed E-state index contributed by atoms with van der Waals surface area (Å²) < 4.78 is 32.9. The zero-order valence-electron chi connectivity index (χ0n) is 28.9. The lowest BCUT2D eigenvalue weighted by Gasteiger charge is -2.36. The number of likely N-dealkylation sites (tertiary alicyclic amines) is 1. The Bertz CT molecular complexity index is 2220. The van der Waals surface area contributed by atoms with E-state index in [0.717, 1.165) is 17.8 Å². The highest BCUT2D eigenvalue weighted by Gasteiger charge is 2.48. The van der Waals surface area contributed by atoms with Gasteiger partial charge in [-0.25, -0.2) is 23.9 Å². The molecule has 3 aliphatic heterocycles. The molecule has 5 heterocycles. The summed E-state index contributed by atoms with van der Waals surface area (Å²) >= 11 is 8.23. The van der Waals surface area contributed by atoms with Gasteiger partial charge in [0.05, 0.1) is 63.5 Å². The van der Waals surface area contributed by atoms with Crippen LogP contribution in [0.25, 0.3) is 32.1 Å². The highest BCUT2D eigenvalue weighted by Crippen LogP contribution is 2.53. The van der Waals surface area contributed by atoms with Crippen LogP contribution < -0.4 is 10.2 Å². The molecule has 2 aromatic carbocycles. The number of carbonyl (C=O) groups is 2. The molecule has 3 atom stereocenters. The second-order valence-corrected chi connectivity index (χ2v) is 16.2. The van der Waals surface area contributed by atoms with Gasteiger partial charge < -0.3 is 24.0 Å². The van der Waals surface area contributed by atoms with E-state index < -0.39 is 29.2 Å². The monoisotopic (exact) mass is 731 g/mol. The molecule has 3 aliphatic rings. The van der Waals surface area contributed by atoms with E-state index in [0.29, 0.717) is 52.1 Å². The molecule has 0 radical (unpaired) electrons. The van der Waals surface area contributed by atoms with Gasteiger partial charge in [-0.15, -0.1) is 11.3 Å². The van der Waals surface area contributed by atoms with Crippen LogP contribution in [0.3, 0.4) is 0 Å². The zero-order chi connectivity index (χ0) is 36.6. The first kappa shape index (κ1) is 34.7. The van der Waals surface area contributed by atoms with Crippen molar-refractivity contribution in [2.24, 2.45) is 0 Å². The quantitative estimate of drug-likeness (QED) is 0.217. The predicted octanol–water partition coefficient (Wildman–Crippen LogP) is 8.21. The third-order valence-corrected chi connectivity index (χ3v) is 10.6. The van der Waals surface area contributed by atoms with Crippen LogP contribution in [0, 0.1) is 28.5 Å². The average Bonchev–Trinajstić information content (AvgIpc) is 3.83. The number of carbonyl (C=O) groups excluding carboxylic acids is 2. The fraction of sp³-hybridized carbons (Fsp3) is 0.444. The Morgan fingerprint density at radius 3 is 2.49 bits per heavy atom. The molecule has 0 saturated carbocycles. The second kappa shape index (κ2) is 12.5. The molecule has 2 fully saturated rings. The molecule has 51 heavy (non-hydrogen) atoms. The lowest BCUT2D eigenvalue weighted by molar-refractivity contribution is 0.0214. The summed E-state index contributed by atoms with van der Waals surface area (Å²) in [5.74, 6) is 0.0459. The maximum absolute atomic E-state index is 15.5. The number of rotatable bonds is 4. The molecule has 2 aromatic heterocycles. The molecule has 2 bridgehead atoms. The Labute approximate surface area is 302 Å². The van der Waals surface area contributed by atoms with Gasteiger partial charge in [-0.3, -0.25) is 5.32 Å². The van der Waals surface area contributed by atoms with Crippen LogP contribution in [0.4, 0.5) is 24.8 Å². The van der Waals surface area contributed by atoms with Gasteiger partial charge in [0.25, 0.3) is 0 Å². The Kier molecular flexibility index (Phi) is 8.48. The Morgan fingerprint density at radius 1 is 1.10 bits per heavy atom. The summed E-state index contributed by atoms with van der Waals surface area (Å²) in [7, 11) is 0. The average molecular weight is 732 g/mol. The second-order valence-electron chi connectivity index (χ2n) is 14.8. The van der Waals surface area contributed by atoms with Gasteiger partial charge in [0.2, 0.25) is 0 Å². The van der Waals surface area contributed by atoms with Crippen LogP contribution in [0.2, 0.25) is 5.02 Å². The number of aromatic nitrogens is 2. The largest absolute Gasteiger partial charge is 0.444 e. The normalized spacial score (nSPS) is 19.7. The number of fused-ring (bicyclic) bond motifs is 6. The van der Waals surface area contributed by atoms with Gasteiger partial charge in [0.15, 0.2) is 0 Å². The van der Waals surface area contributed by atoms with E-state index in [1.165, 1.54) is 12.4 Å². The number of nitrogens with one attached hydrogen (secondary N) is 1. The predicted molar refractivity (Wildman–Crippen MR) is 190 cm³/mol. The number of halogens is 2. The van der Waals surface area contributed by atoms with E-state index in [4.69, 9.17) is 30.8 Å². The highest BCUT2D eigenvalue weighted by atomic mass is 35.5. The van der Waals surface area contributed by atoms with Gasteiger partial charge in [-0.2, -0.15) is 10.5 Å². The topological polar surface area (TPSA) is 154 Å². The number of thiophene rings is 1. The highest BCUT2D eigenvalue weighted by molar-refractivity contribution is 7.23. The van der Waals surface area contributed by atoms with Crippen LogP contribution in [0.1, 0.15) is 77.2 Å². The maximum atomic E-state index is 15.5. The van der Waals surface area contributed by atoms with Crippen molar-refractivity contribution < 1.29 is 28.2 Å². The number of hydrogen-bond acceptors (Lipinski definition) is 11. The van der Waals surface area contributed by atoms with Crippen LogP contribution >= 0.6 is 22.9 Å². The number of nitriles is 2. The molecule has 1 N–H and O–H groups in total. The van der Waals surface area contributed by atoms with Gasteiger partial charge in [0.1, 0.15) is 40.2 Å². The van der Waals surface area contributed by atoms with Crippen molar-refractivity contribution in [3.05, 3.63) is 46.0 Å². The number of nitrogens with zero attached hydrogens (tertiary/aromatic N) is 6. The summed E-state index contributed by atoms with van der Waals surface area (Å²) in [5, 5.41) is 24.1. The van der Waals surface area contributed by atoms with Crippen molar-refractivity contribution >= 4 is 66.9 Å². The molecule has 4 aromatic rings. The Balaban J connectivity index is 1.38. The minimum absolute atomic E-state index is 0.0388. The molecular formula is C36H35ClFN7O5S. The fourth-order valence-corrected chi connectivity index (χ4v) is 8.71. The first-order valence-corrected chi connectivity index (χ1v) is 17.7. The van der Waals surface area contributed by atoms with Gasteiger partial charge in [-0.1, -0.05) is 17.7 Å². The molecule has 264 valence electrons. The Hall–Kier alpha value is -4.76. The minimum atomic E-state index is -0.796. The van der Waals surface area contributed by atoms with Gasteiger partial charge in [-0.05, 0) is 65.2 Å². The number of ether oxygens (including phenoxy) is 3. The van der Waals surface area contributed by atoms with Crippen molar-refractivity contribution in [3.63, 3.8) is 0 Å². The smallest absolute Gasteiger partial charge is 0.412 e. The van der Waals surface area contributed by atoms with Crippen LogP contribution in [-0.2, 0) is 20.8 Å². The summed E-state index contributed by atoms with van der Waals surface area (Å²) in [6.45, 7) is 11.7. The molecule has 2 saturated heterocycles. The van der Waals surface area contributed by atoms with Crippen molar-refractivity contribution in [2.75, 3.05) is 23.3 Å². The molecule has 2 amide bonds. The van der Waals surface area contributed by atoms with E-state index in [1.807, 2.05) is 20.8 Å². The van der Waals surface area contributed by atoms with Crippen molar-refractivity contribution in [2.45, 2.75) is 90.4 Å². The number of amides is 2. The first-order chi connectivity index (χ1) is 24.1. The number of anilines is 2. The maximum Gasteiger partial charge on any atom is 0.412 e. The van der Waals surface area contributed by atoms with Crippen LogP contribution in [0.5, 0.6) is 0 Å². The lowest BCUT2D eigenvalue weighted by atomic mass is 9.88. The van der Waals surface area contributed by atoms with E-state index in [9.17, 15) is 20.1 Å². The minimum Gasteiger partial charge on any atom is -0.444 e. The molecule has 7 rings (SSSR count). The molecule has 0 aliphatic carbocycles. The summed E-state index contributed by atoms with van der Waals surface area (Å²) in [5.41, 5.74) is 1.37. The summed E-state index contributed by atoms with van der Waals surface area (Å²) in [4.78, 5) is 39.0. The summed E-state index contributed by atoms with van der Waals surface area (Å²) in [6.07, 6.45) is 0.447. The number of piperazine rings is 1. The first-order valence-electron chi connectivity index (χ1n) is 16.5. The van der Waals surface area contributed by atoms with Crippen molar-refractivity contribution in [3.8, 4) is 23.3 Å². The Morgan fingerprint density at radius 2 is 1.84 bits per heavy atom. The lowest BCUT2D eigenvalue weighted by Crippen LogP contribution is -2.50. The third-order valence-electron chi connectivity index (χ3n) is 9.11. The summed E-state index contributed by atoms with van der Waals surface area (Å²) in [6, 6.07) is 7.10. The van der Waals surface area contributed by atoms with Crippen molar-refractivity contribution in [1.82, 2.24) is 14.9 Å². The number of benzene rings is 2.